The van der Waals surface area contributed by atoms with Crippen LogP contribution in [0.4, 0.5) is 0 Å². The van der Waals surface area contributed by atoms with Crippen LogP contribution in [0, 0.1) is 11.8 Å². The predicted molar refractivity (Wildman–Crippen MR) is 40.8 cm³/mol. The minimum Gasteiger partial charge on any atom is -0.294 e. The molecule has 1 heteroatoms. The van der Waals surface area contributed by atoms with E-state index in [4.69, 9.17) is 0 Å². The number of piperidine rings is 2. The number of nitrogens with zero attached hydrogens (tertiary/aromatic N) is 1. The molecule has 3 heterocycles. The molecule has 56 valence electrons. The first kappa shape index (κ1) is 5.59. The average Bonchev–Trinajstić information content (AvgIpc) is 2.55. The second kappa shape index (κ2) is 1.58. The molecule has 1 aliphatic carbocycles. The molecule has 5 unspecified atom stereocenters. The standard InChI is InChI=1S/C9H15N/c1-2-7-3-6-4-8-9(7)10(8)5-6/h6-9H,2-5H2,1H3. The lowest BCUT2D eigenvalue weighted by Gasteiger charge is -2.28. The van der Waals surface area contributed by atoms with Gasteiger partial charge in [0.15, 0.2) is 0 Å². The fourth-order valence-electron chi connectivity index (χ4n) is 3.33. The Labute approximate surface area is 62.4 Å². The molecule has 0 aromatic rings. The molecule has 0 amide bonds. The van der Waals surface area contributed by atoms with Gasteiger partial charge in [-0.1, -0.05) is 13.3 Å². The van der Waals surface area contributed by atoms with E-state index in [-0.39, 0.29) is 0 Å². The molecule has 4 aliphatic rings. The highest BCUT2D eigenvalue weighted by Gasteiger charge is 2.60. The van der Waals surface area contributed by atoms with Crippen molar-refractivity contribution in [3.05, 3.63) is 0 Å². The van der Waals surface area contributed by atoms with Gasteiger partial charge in [0.1, 0.15) is 0 Å². The summed E-state index contributed by atoms with van der Waals surface area (Å²) in [5, 5.41) is 0. The first-order valence-electron chi connectivity index (χ1n) is 4.66. The SMILES string of the molecule is CCC1CC2CC3C1N3C2. The van der Waals surface area contributed by atoms with E-state index in [1.165, 1.54) is 13.0 Å². The van der Waals surface area contributed by atoms with E-state index in [0.717, 1.165) is 23.9 Å². The van der Waals surface area contributed by atoms with Crippen molar-refractivity contribution in [1.82, 2.24) is 4.90 Å². The second-order valence-corrected chi connectivity index (χ2v) is 4.26. The predicted octanol–water partition coefficient (Wildman–Crippen LogP) is 1.49. The highest BCUT2D eigenvalue weighted by Crippen LogP contribution is 2.54. The summed E-state index contributed by atoms with van der Waals surface area (Å²) in [5.74, 6) is 2.18. The normalized spacial score (nSPS) is 62.7. The molecular weight excluding hydrogens is 122 g/mol. The number of fused-ring (bicyclic) bond motifs is 1. The van der Waals surface area contributed by atoms with Crippen LogP contribution in [0.25, 0.3) is 0 Å². The maximum atomic E-state index is 2.72. The summed E-state index contributed by atoms with van der Waals surface area (Å²) < 4.78 is 0. The summed E-state index contributed by atoms with van der Waals surface area (Å²) >= 11 is 0. The van der Waals surface area contributed by atoms with E-state index >= 15 is 0 Å². The van der Waals surface area contributed by atoms with E-state index in [2.05, 4.69) is 11.8 Å². The number of hydrogen-bond donors (Lipinski definition) is 0. The molecule has 1 nitrogen and oxygen atoms in total. The maximum absolute atomic E-state index is 2.72. The quantitative estimate of drug-likeness (QED) is 0.495. The van der Waals surface area contributed by atoms with Crippen LogP contribution in [0.2, 0.25) is 0 Å². The third-order valence-electron chi connectivity index (χ3n) is 3.80. The summed E-state index contributed by atoms with van der Waals surface area (Å²) in [5.41, 5.74) is 0. The molecule has 3 saturated heterocycles. The zero-order valence-corrected chi connectivity index (χ0v) is 6.59. The summed E-state index contributed by atoms with van der Waals surface area (Å²) in [6.45, 7) is 3.80. The molecule has 10 heavy (non-hydrogen) atoms. The fraction of sp³-hybridized carbons (Fsp3) is 1.00. The van der Waals surface area contributed by atoms with Crippen LogP contribution in [-0.2, 0) is 0 Å². The zero-order valence-electron chi connectivity index (χ0n) is 6.59. The van der Waals surface area contributed by atoms with E-state index in [0.29, 0.717) is 0 Å². The van der Waals surface area contributed by atoms with Crippen LogP contribution in [0.3, 0.4) is 0 Å². The topological polar surface area (TPSA) is 3.01 Å². The number of hydrogen-bond acceptors (Lipinski definition) is 1. The largest absolute Gasteiger partial charge is 0.294 e. The van der Waals surface area contributed by atoms with Crippen LogP contribution in [0.5, 0.6) is 0 Å². The molecule has 0 aromatic carbocycles. The van der Waals surface area contributed by atoms with Crippen molar-refractivity contribution < 1.29 is 0 Å². The van der Waals surface area contributed by atoms with Gasteiger partial charge in [0, 0.05) is 18.6 Å². The van der Waals surface area contributed by atoms with Gasteiger partial charge in [-0.3, -0.25) is 4.90 Å². The van der Waals surface area contributed by atoms with Crippen molar-refractivity contribution in [3.8, 4) is 0 Å². The Bertz CT molecular complexity index is 154. The van der Waals surface area contributed by atoms with Crippen LogP contribution >= 0.6 is 0 Å². The first-order valence-corrected chi connectivity index (χ1v) is 4.66. The maximum Gasteiger partial charge on any atom is 0.0283 e. The minimum absolute atomic E-state index is 1.05. The fourth-order valence-corrected chi connectivity index (χ4v) is 3.33. The second-order valence-electron chi connectivity index (χ2n) is 4.26. The molecule has 3 aliphatic heterocycles. The highest BCUT2D eigenvalue weighted by atomic mass is 15.4. The first-order chi connectivity index (χ1) is 4.90. The monoisotopic (exact) mass is 137 g/mol. The van der Waals surface area contributed by atoms with Crippen molar-refractivity contribution in [2.45, 2.75) is 38.3 Å². The minimum atomic E-state index is 1.05. The Hall–Kier alpha value is -0.0400. The van der Waals surface area contributed by atoms with Crippen molar-refractivity contribution >= 4 is 0 Å². The van der Waals surface area contributed by atoms with E-state index < -0.39 is 0 Å². The lowest BCUT2D eigenvalue weighted by molar-refractivity contribution is 0.237. The Morgan fingerprint density at radius 3 is 2.70 bits per heavy atom. The molecule has 0 radical (unpaired) electrons. The summed E-state index contributed by atoms with van der Waals surface area (Å²) in [6.07, 6.45) is 4.52. The van der Waals surface area contributed by atoms with Crippen LogP contribution in [0.1, 0.15) is 26.2 Å². The van der Waals surface area contributed by atoms with Gasteiger partial charge in [0.25, 0.3) is 0 Å². The van der Waals surface area contributed by atoms with Crippen molar-refractivity contribution in [1.29, 1.82) is 0 Å². The molecule has 4 rings (SSSR count). The van der Waals surface area contributed by atoms with E-state index in [1.54, 1.807) is 12.8 Å². The van der Waals surface area contributed by atoms with E-state index in [1.807, 2.05) is 0 Å². The van der Waals surface area contributed by atoms with Crippen LogP contribution in [-0.4, -0.2) is 23.5 Å². The third kappa shape index (κ3) is 0.493. The van der Waals surface area contributed by atoms with Crippen molar-refractivity contribution in [2.24, 2.45) is 11.8 Å². The smallest absolute Gasteiger partial charge is 0.0283 e. The average molecular weight is 137 g/mol. The highest BCUT2D eigenvalue weighted by molar-refractivity contribution is 5.15. The third-order valence-corrected chi connectivity index (χ3v) is 3.80. The molecule has 4 fully saturated rings. The molecular formula is C9H15N. The van der Waals surface area contributed by atoms with Crippen molar-refractivity contribution in [2.75, 3.05) is 6.54 Å². The van der Waals surface area contributed by atoms with Crippen LogP contribution in [0.15, 0.2) is 0 Å². The number of rotatable bonds is 1. The zero-order chi connectivity index (χ0) is 6.72. The van der Waals surface area contributed by atoms with Gasteiger partial charge in [-0.15, -0.1) is 0 Å². The summed E-state index contributed by atoms with van der Waals surface area (Å²) in [6, 6.07) is 2.11. The molecule has 0 N–H and O–H groups in total. The molecule has 0 spiro atoms. The van der Waals surface area contributed by atoms with Gasteiger partial charge < -0.3 is 0 Å². The van der Waals surface area contributed by atoms with Crippen LogP contribution < -0.4 is 0 Å². The molecule has 4 bridgehead atoms. The lowest BCUT2D eigenvalue weighted by Crippen LogP contribution is -2.29. The Morgan fingerprint density at radius 2 is 2.30 bits per heavy atom. The van der Waals surface area contributed by atoms with Crippen molar-refractivity contribution in [3.63, 3.8) is 0 Å². The van der Waals surface area contributed by atoms with Gasteiger partial charge in [0.2, 0.25) is 0 Å². The van der Waals surface area contributed by atoms with Gasteiger partial charge in [-0.25, -0.2) is 0 Å². The Morgan fingerprint density at radius 1 is 1.40 bits per heavy atom. The Balaban J connectivity index is 1.84. The summed E-state index contributed by atoms with van der Waals surface area (Å²) in [4.78, 5) is 2.72. The van der Waals surface area contributed by atoms with E-state index in [9.17, 15) is 0 Å². The van der Waals surface area contributed by atoms with Gasteiger partial charge in [0.05, 0.1) is 0 Å². The molecule has 5 atom stereocenters. The lowest BCUT2D eigenvalue weighted by atomic mass is 9.79. The summed E-state index contributed by atoms with van der Waals surface area (Å²) in [7, 11) is 0. The Kier molecular flexibility index (Phi) is 0.883. The molecule has 0 aromatic heterocycles. The van der Waals surface area contributed by atoms with Gasteiger partial charge >= 0.3 is 0 Å². The van der Waals surface area contributed by atoms with Gasteiger partial charge in [-0.2, -0.15) is 0 Å². The van der Waals surface area contributed by atoms with Gasteiger partial charge in [-0.05, 0) is 24.7 Å². The molecule has 1 saturated carbocycles.